The zero-order valence-electron chi connectivity index (χ0n) is 34.7. The minimum atomic E-state index is -0.911. The van der Waals surface area contributed by atoms with E-state index in [1.165, 1.54) is 11.3 Å². The molecular formula is C42H68N5O6S+. The van der Waals surface area contributed by atoms with Gasteiger partial charge in [0.05, 0.1) is 25.0 Å². The fourth-order valence-corrected chi connectivity index (χ4v) is 8.54. The highest BCUT2D eigenvalue weighted by Crippen LogP contribution is 2.34. The summed E-state index contributed by atoms with van der Waals surface area (Å²) >= 11 is 1.34. The van der Waals surface area contributed by atoms with Gasteiger partial charge in [-0.1, -0.05) is 71.4 Å². The largest absolute Gasteiger partial charge is 0.481 e. The van der Waals surface area contributed by atoms with Crippen LogP contribution in [-0.2, 0) is 25.5 Å². The van der Waals surface area contributed by atoms with Crippen LogP contribution < -0.4 is 10.6 Å². The summed E-state index contributed by atoms with van der Waals surface area (Å²) in [6, 6.07) is 8.15. The maximum absolute atomic E-state index is 14.4. The van der Waals surface area contributed by atoms with E-state index in [0.717, 1.165) is 37.8 Å². The van der Waals surface area contributed by atoms with Gasteiger partial charge in [0.25, 0.3) is 11.8 Å². The average molecular weight is 771 g/mol. The Balaban J connectivity index is 1.81. The van der Waals surface area contributed by atoms with Crippen LogP contribution in [0.3, 0.4) is 0 Å². The van der Waals surface area contributed by atoms with Gasteiger partial charge in [0.1, 0.15) is 22.8 Å². The molecule has 0 aliphatic carbocycles. The number of hydrogen-bond acceptors (Lipinski definition) is 7. The Hall–Kier alpha value is -3.35. The Morgan fingerprint density at radius 3 is 2.28 bits per heavy atom. The number of nitrogens with one attached hydrogen (secondary N) is 2. The van der Waals surface area contributed by atoms with Crippen LogP contribution in [0.4, 0.5) is 0 Å². The van der Waals surface area contributed by atoms with Crippen molar-refractivity contribution < 1.29 is 33.5 Å². The number of likely N-dealkylation sites (tertiary alicyclic amines) is 1. The molecule has 2 heterocycles. The number of hydrogen-bond donors (Lipinski definition) is 3. The highest BCUT2D eigenvalue weighted by molar-refractivity contribution is 7.09. The summed E-state index contributed by atoms with van der Waals surface area (Å²) in [5, 5.41) is 18.2. The normalized spacial score (nSPS) is 21.0. The standard InChI is InChI=1S/C42H67N5O6S/c1-12-28(5)36(45-38(49)34-21-17-18-22-47(34,11)42(7,8)9)40(50)46(10)33(27(3)4)25-35(53-13-2)39-44-32(26-54-39)37(48)43-31(23-29(6)41(51)52)24-30-19-15-14-16-20-30/h14-16,19-20,26-29,31,33-36H,12-13,17-18,21-25H2,1-11H3,(H2-,43,45,48,49,51,52)/p+1/t28-,29-,31+,33+,34+,35+,36?,47?/m0/s1. The van der Waals surface area contributed by atoms with Gasteiger partial charge in [-0.2, -0.15) is 0 Å². The van der Waals surface area contributed by atoms with Gasteiger partial charge in [-0.25, -0.2) is 4.98 Å². The number of carboxylic acid groups (broad SMARTS) is 1. The van der Waals surface area contributed by atoms with Crippen LogP contribution in [0.25, 0.3) is 0 Å². The molecule has 2 aromatic rings. The number of likely N-dealkylation sites (N-methyl/N-ethyl adjacent to an activating group) is 2. The number of amides is 3. The number of thiazole rings is 1. The molecule has 3 rings (SSSR count). The van der Waals surface area contributed by atoms with Crippen LogP contribution in [0.15, 0.2) is 35.7 Å². The SMILES string of the molecule is CCO[C@H](C[C@H](C(C)C)N(C)C(=O)C(NC(=O)[C@H]1CCCC[N+]1(C)C(C)(C)C)[C@@H](C)CC)c1nc(C(=O)N[C@@H](Cc2ccccc2)C[C@H](C)C(=O)O)cs1. The number of carbonyl (C=O) groups excluding carboxylic acids is 3. The maximum Gasteiger partial charge on any atom is 0.306 e. The van der Waals surface area contributed by atoms with Gasteiger partial charge in [0.15, 0.2) is 6.04 Å². The molecule has 1 aliphatic rings. The minimum absolute atomic E-state index is 0.0514. The van der Waals surface area contributed by atoms with Crippen LogP contribution in [0, 0.1) is 17.8 Å². The van der Waals surface area contributed by atoms with Crippen molar-refractivity contribution in [3.05, 3.63) is 52.0 Å². The van der Waals surface area contributed by atoms with Gasteiger partial charge in [-0.15, -0.1) is 11.3 Å². The number of carboxylic acids is 1. The van der Waals surface area contributed by atoms with E-state index in [0.29, 0.717) is 28.9 Å². The molecule has 2 unspecified atom stereocenters. The van der Waals surface area contributed by atoms with E-state index < -0.39 is 30.1 Å². The average Bonchev–Trinajstić information content (AvgIpc) is 3.62. The first-order chi connectivity index (χ1) is 25.3. The Morgan fingerprint density at radius 2 is 1.70 bits per heavy atom. The van der Waals surface area contributed by atoms with Crippen molar-refractivity contribution in [2.75, 3.05) is 27.2 Å². The van der Waals surface area contributed by atoms with E-state index in [2.05, 4.69) is 52.3 Å². The topological polar surface area (TPSA) is 138 Å². The predicted molar refractivity (Wildman–Crippen MR) is 215 cm³/mol. The molecule has 3 N–H and O–H groups in total. The van der Waals surface area contributed by atoms with Crippen molar-refractivity contribution in [2.24, 2.45) is 17.8 Å². The molecule has 1 aromatic heterocycles. The third kappa shape index (κ3) is 11.6. The lowest BCUT2D eigenvalue weighted by atomic mass is 9.89. The summed E-state index contributed by atoms with van der Waals surface area (Å²) in [6.45, 7) is 19.7. The second-order valence-electron chi connectivity index (χ2n) is 16.9. The summed E-state index contributed by atoms with van der Waals surface area (Å²) in [7, 11) is 3.99. The van der Waals surface area contributed by atoms with Gasteiger partial charge >= 0.3 is 5.97 Å². The summed E-state index contributed by atoms with van der Waals surface area (Å²) in [5.74, 6) is -2.09. The summed E-state index contributed by atoms with van der Waals surface area (Å²) in [5.41, 5.74) is 1.13. The van der Waals surface area contributed by atoms with Gasteiger partial charge < -0.3 is 29.9 Å². The zero-order valence-corrected chi connectivity index (χ0v) is 35.5. The van der Waals surface area contributed by atoms with Gasteiger partial charge in [0, 0.05) is 44.0 Å². The number of rotatable bonds is 19. The Kier molecular flexibility index (Phi) is 16.7. The lowest BCUT2D eigenvalue weighted by molar-refractivity contribution is -0.971. The third-order valence-corrected chi connectivity index (χ3v) is 12.8. The molecular weight excluding hydrogens is 703 g/mol. The van der Waals surface area contributed by atoms with Crippen LogP contribution >= 0.6 is 11.3 Å². The van der Waals surface area contributed by atoms with Crippen molar-refractivity contribution in [1.29, 1.82) is 0 Å². The first-order valence-electron chi connectivity index (χ1n) is 19.9. The molecule has 0 bridgehead atoms. The van der Waals surface area contributed by atoms with E-state index >= 15 is 0 Å². The van der Waals surface area contributed by atoms with Crippen LogP contribution in [0.2, 0.25) is 0 Å². The highest BCUT2D eigenvalue weighted by Gasteiger charge is 2.49. The van der Waals surface area contributed by atoms with Gasteiger partial charge in [-0.3, -0.25) is 19.2 Å². The number of carbonyl (C=O) groups is 4. The fourth-order valence-electron chi connectivity index (χ4n) is 7.68. The maximum atomic E-state index is 14.4. The van der Waals surface area contributed by atoms with E-state index in [9.17, 15) is 24.3 Å². The quantitative estimate of drug-likeness (QED) is 0.133. The van der Waals surface area contributed by atoms with E-state index in [1.807, 2.05) is 58.2 Å². The molecule has 11 nitrogen and oxygen atoms in total. The van der Waals surface area contributed by atoms with E-state index in [1.54, 1.807) is 17.2 Å². The molecule has 12 heteroatoms. The number of piperidine rings is 1. The number of nitrogens with zero attached hydrogens (tertiary/aromatic N) is 3. The second kappa shape index (κ2) is 20.0. The van der Waals surface area contributed by atoms with Crippen LogP contribution in [0.1, 0.15) is 128 Å². The van der Waals surface area contributed by atoms with Crippen LogP contribution in [-0.4, -0.2) is 100 Å². The van der Waals surface area contributed by atoms with Crippen molar-refractivity contribution in [3.8, 4) is 0 Å². The van der Waals surface area contributed by atoms with Gasteiger partial charge in [-0.05, 0) is 70.8 Å². The van der Waals surface area contributed by atoms with E-state index in [-0.39, 0.29) is 59.3 Å². The van der Waals surface area contributed by atoms with Crippen molar-refractivity contribution in [2.45, 2.75) is 143 Å². The molecule has 1 saturated heterocycles. The van der Waals surface area contributed by atoms with Crippen molar-refractivity contribution >= 4 is 35.0 Å². The number of quaternary nitrogens is 1. The van der Waals surface area contributed by atoms with Gasteiger partial charge in [0.2, 0.25) is 5.91 Å². The predicted octanol–water partition coefficient (Wildman–Crippen LogP) is 6.87. The number of benzene rings is 1. The third-order valence-electron chi connectivity index (χ3n) is 11.8. The molecule has 1 aromatic carbocycles. The molecule has 3 amide bonds. The summed E-state index contributed by atoms with van der Waals surface area (Å²) in [6.07, 6.45) is 4.36. The molecule has 0 radical (unpaired) electrons. The van der Waals surface area contributed by atoms with Crippen molar-refractivity contribution in [1.82, 2.24) is 20.5 Å². The molecule has 1 fully saturated rings. The lowest BCUT2D eigenvalue weighted by Crippen LogP contribution is -2.69. The first kappa shape index (κ1) is 45.0. The molecule has 54 heavy (non-hydrogen) atoms. The van der Waals surface area contributed by atoms with Crippen LogP contribution in [0.5, 0.6) is 0 Å². The number of aromatic nitrogens is 1. The van der Waals surface area contributed by atoms with E-state index in [4.69, 9.17) is 9.72 Å². The first-order valence-corrected chi connectivity index (χ1v) is 20.8. The minimum Gasteiger partial charge on any atom is -0.481 e. The second-order valence-corrected chi connectivity index (χ2v) is 17.8. The monoisotopic (exact) mass is 770 g/mol. The zero-order chi connectivity index (χ0) is 40.4. The Bertz CT molecular complexity index is 1530. The Labute approximate surface area is 328 Å². The van der Waals surface area contributed by atoms with Crippen molar-refractivity contribution in [3.63, 3.8) is 0 Å². The molecule has 1 aliphatic heterocycles. The Morgan fingerprint density at radius 1 is 1.04 bits per heavy atom. The molecule has 0 saturated carbocycles. The smallest absolute Gasteiger partial charge is 0.306 e. The molecule has 302 valence electrons. The molecule has 8 atom stereocenters. The highest BCUT2D eigenvalue weighted by atomic mass is 32.1. The summed E-state index contributed by atoms with van der Waals surface area (Å²) < 4.78 is 6.88. The molecule has 0 spiro atoms. The number of ether oxygens (including phenoxy) is 1. The fraction of sp³-hybridized carbons (Fsp3) is 0.690. The lowest BCUT2D eigenvalue weighted by Gasteiger charge is -2.52. The number of aliphatic carboxylic acids is 1. The summed E-state index contributed by atoms with van der Waals surface area (Å²) in [4.78, 5) is 60.3.